The summed E-state index contributed by atoms with van der Waals surface area (Å²) < 4.78 is 15.9. The molecule has 2 aromatic heterocycles. The molecule has 27 heavy (non-hydrogen) atoms. The van der Waals surface area contributed by atoms with Gasteiger partial charge in [0.05, 0.1) is 0 Å². The van der Waals surface area contributed by atoms with Crippen molar-refractivity contribution in [1.82, 2.24) is 19.1 Å². The van der Waals surface area contributed by atoms with Crippen molar-refractivity contribution in [1.29, 1.82) is 0 Å². The number of thioether (sulfide) groups is 1. The molecule has 142 valence electrons. The molecule has 6 nitrogen and oxygen atoms in total. The average Bonchev–Trinajstić information content (AvgIpc) is 2.62. The molecule has 0 bridgehead atoms. The molecular formula is C19H21FN4O2S. The first-order chi connectivity index (χ1) is 12.8. The van der Waals surface area contributed by atoms with E-state index in [4.69, 9.17) is 0 Å². The minimum absolute atomic E-state index is 0.306. The summed E-state index contributed by atoms with van der Waals surface area (Å²) in [6.07, 6.45) is 0.632. The van der Waals surface area contributed by atoms with Crippen molar-refractivity contribution in [3.63, 3.8) is 0 Å². The number of fused-ring (bicyclic) bond motifs is 1. The van der Waals surface area contributed by atoms with Crippen LogP contribution < -0.4 is 11.2 Å². The quantitative estimate of drug-likeness (QED) is 0.496. The molecule has 8 heteroatoms. The smallest absolute Gasteiger partial charge is 0.280 e. The SMILES string of the molecule is CC(C)Cc1nc(SCc2cccc(F)c2)c2c(=O)n(C)c(=O)n(C)c2n1. The van der Waals surface area contributed by atoms with Crippen molar-refractivity contribution in [3.05, 3.63) is 62.3 Å². The van der Waals surface area contributed by atoms with Crippen molar-refractivity contribution in [2.24, 2.45) is 20.0 Å². The van der Waals surface area contributed by atoms with Gasteiger partial charge in [-0.2, -0.15) is 0 Å². The number of hydrogen-bond donors (Lipinski definition) is 0. The lowest BCUT2D eigenvalue weighted by molar-refractivity contribution is 0.613. The lowest BCUT2D eigenvalue weighted by Gasteiger charge is -2.12. The lowest BCUT2D eigenvalue weighted by Crippen LogP contribution is -2.37. The van der Waals surface area contributed by atoms with Gasteiger partial charge in [-0.1, -0.05) is 26.0 Å². The third-order valence-corrected chi connectivity index (χ3v) is 5.22. The Morgan fingerprint density at radius 1 is 1.15 bits per heavy atom. The van der Waals surface area contributed by atoms with Crippen molar-refractivity contribution < 1.29 is 4.39 Å². The summed E-state index contributed by atoms with van der Waals surface area (Å²) in [6, 6.07) is 6.32. The minimum Gasteiger partial charge on any atom is -0.280 e. The van der Waals surface area contributed by atoms with Gasteiger partial charge in [0.15, 0.2) is 5.65 Å². The summed E-state index contributed by atoms with van der Waals surface area (Å²) in [4.78, 5) is 34.1. The third kappa shape index (κ3) is 3.95. The van der Waals surface area contributed by atoms with Gasteiger partial charge in [-0.05, 0) is 23.6 Å². The number of hydrogen-bond acceptors (Lipinski definition) is 5. The van der Waals surface area contributed by atoms with E-state index in [1.165, 1.54) is 35.5 Å². The van der Waals surface area contributed by atoms with Crippen LogP contribution in [0.3, 0.4) is 0 Å². The van der Waals surface area contributed by atoms with Gasteiger partial charge in [0.2, 0.25) is 0 Å². The first-order valence-electron chi connectivity index (χ1n) is 8.61. The third-order valence-electron chi connectivity index (χ3n) is 4.17. The summed E-state index contributed by atoms with van der Waals surface area (Å²) in [5.41, 5.74) is 0.267. The van der Waals surface area contributed by atoms with E-state index in [0.717, 1.165) is 10.1 Å². The summed E-state index contributed by atoms with van der Waals surface area (Å²) in [5, 5.41) is 0.824. The molecule has 0 saturated heterocycles. The van der Waals surface area contributed by atoms with Crippen molar-refractivity contribution in [2.75, 3.05) is 0 Å². The topological polar surface area (TPSA) is 69.8 Å². The van der Waals surface area contributed by atoms with Crippen molar-refractivity contribution >= 4 is 22.8 Å². The number of rotatable bonds is 5. The monoisotopic (exact) mass is 388 g/mol. The van der Waals surface area contributed by atoms with E-state index in [0.29, 0.717) is 40.0 Å². The Hall–Kier alpha value is -2.48. The lowest BCUT2D eigenvalue weighted by atomic mass is 10.1. The van der Waals surface area contributed by atoms with Gasteiger partial charge in [-0.15, -0.1) is 11.8 Å². The molecule has 3 rings (SSSR count). The van der Waals surface area contributed by atoms with E-state index >= 15 is 0 Å². The molecule has 3 aromatic rings. The van der Waals surface area contributed by atoms with Gasteiger partial charge in [-0.3, -0.25) is 13.9 Å². The van der Waals surface area contributed by atoms with E-state index in [2.05, 4.69) is 23.8 Å². The maximum absolute atomic E-state index is 13.4. The van der Waals surface area contributed by atoms with Crippen LogP contribution in [0.25, 0.3) is 11.0 Å². The van der Waals surface area contributed by atoms with Crippen LogP contribution in [0.15, 0.2) is 38.9 Å². The molecule has 0 aliphatic rings. The Kier molecular flexibility index (Phi) is 5.46. The molecule has 0 unspecified atom stereocenters. The average molecular weight is 388 g/mol. The second-order valence-electron chi connectivity index (χ2n) is 6.87. The Morgan fingerprint density at radius 2 is 1.89 bits per heavy atom. The predicted octanol–water partition coefficient (Wildman–Crippen LogP) is 2.66. The van der Waals surface area contributed by atoms with Gasteiger partial charge in [0, 0.05) is 26.3 Å². The Labute approximate surface area is 160 Å². The molecule has 1 aromatic carbocycles. The van der Waals surface area contributed by atoms with Crippen molar-refractivity contribution in [2.45, 2.75) is 31.0 Å². The molecule has 2 heterocycles. The molecule has 0 N–H and O–H groups in total. The van der Waals surface area contributed by atoms with Crippen LogP contribution in [0.1, 0.15) is 25.2 Å². The van der Waals surface area contributed by atoms with Crippen LogP contribution in [0.2, 0.25) is 0 Å². The first-order valence-corrected chi connectivity index (χ1v) is 9.60. The number of benzene rings is 1. The van der Waals surface area contributed by atoms with Gasteiger partial charge < -0.3 is 0 Å². The van der Waals surface area contributed by atoms with E-state index in [9.17, 15) is 14.0 Å². The molecule has 0 atom stereocenters. The van der Waals surface area contributed by atoms with Crippen molar-refractivity contribution in [3.8, 4) is 0 Å². The van der Waals surface area contributed by atoms with Crippen LogP contribution in [0.5, 0.6) is 0 Å². The fraction of sp³-hybridized carbons (Fsp3) is 0.368. The number of nitrogens with zero attached hydrogens (tertiary/aromatic N) is 4. The van der Waals surface area contributed by atoms with Gasteiger partial charge in [0.1, 0.15) is 22.1 Å². The standard InChI is InChI=1S/C19H21FN4O2S/c1-11(2)8-14-21-16-15(18(25)24(4)19(26)23(16)3)17(22-14)27-10-12-6-5-7-13(20)9-12/h5-7,9,11H,8,10H2,1-4H3. The van der Waals surface area contributed by atoms with Crippen LogP contribution in [0.4, 0.5) is 4.39 Å². The zero-order chi connectivity index (χ0) is 19.7. The Bertz CT molecular complexity index is 1120. The zero-order valence-electron chi connectivity index (χ0n) is 15.7. The van der Waals surface area contributed by atoms with Crippen LogP contribution in [0, 0.1) is 11.7 Å². The number of halogens is 1. The number of aromatic nitrogens is 4. The van der Waals surface area contributed by atoms with Crippen LogP contribution >= 0.6 is 11.8 Å². The normalized spacial score (nSPS) is 11.5. The first kappa shape index (κ1) is 19.3. The highest BCUT2D eigenvalue weighted by Gasteiger charge is 2.18. The fourth-order valence-electron chi connectivity index (χ4n) is 2.81. The maximum Gasteiger partial charge on any atom is 0.332 e. The van der Waals surface area contributed by atoms with E-state index in [-0.39, 0.29) is 5.82 Å². The van der Waals surface area contributed by atoms with Crippen LogP contribution in [-0.4, -0.2) is 19.1 Å². The highest BCUT2D eigenvalue weighted by Crippen LogP contribution is 2.26. The summed E-state index contributed by atoms with van der Waals surface area (Å²) in [6.45, 7) is 4.10. The molecule has 0 amide bonds. The Balaban J connectivity index is 2.16. The summed E-state index contributed by atoms with van der Waals surface area (Å²) >= 11 is 1.34. The second-order valence-corrected chi connectivity index (χ2v) is 7.83. The molecular weight excluding hydrogens is 367 g/mol. The molecule has 0 spiro atoms. The summed E-state index contributed by atoms with van der Waals surface area (Å²) in [5.74, 6) is 1.06. The van der Waals surface area contributed by atoms with E-state index in [1.807, 2.05) is 6.07 Å². The molecule has 0 radical (unpaired) electrons. The van der Waals surface area contributed by atoms with E-state index < -0.39 is 11.2 Å². The highest BCUT2D eigenvalue weighted by atomic mass is 32.2. The molecule has 0 fully saturated rings. The fourth-order valence-corrected chi connectivity index (χ4v) is 3.79. The predicted molar refractivity (Wildman–Crippen MR) is 105 cm³/mol. The van der Waals surface area contributed by atoms with Gasteiger partial charge in [0.25, 0.3) is 5.56 Å². The van der Waals surface area contributed by atoms with E-state index in [1.54, 1.807) is 13.1 Å². The number of aryl methyl sites for hydroxylation is 1. The molecule has 0 saturated carbocycles. The van der Waals surface area contributed by atoms with Crippen LogP contribution in [-0.2, 0) is 26.3 Å². The zero-order valence-corrected chi connectivity index (χ0v) is 16.5. The Morgan fingerprint density at radius 3 is 2.56 bits per heavy atom. The minimum atomic E-state index is -0.428. The van der Waals surface area contributed by atoms with Gasteiger partial charge >= 0.3 is 5.69 Å². The largest absolute Gasteiger partial charge is 0.332 e. The summed E-state index contributed by atoms with van der Waals surface area (Å²) in [7, 11) is 3.03. The van der Waals surface area contributed by atoms with Gasteiger partial charge in [-0.25, -0.2) is 19.2 Å². The highest BCUT2D eigenvalue weighted by molar-refractivity contribution is 7.98. The second kappa shape index (κ2) is 7.64. The molecule has 0 aliphatic carbocycles. The maximum atomic E-state index is 13.4. The molecule has 0 aliphatic heterocycles.